The highest BCUT2D eigenvalue weighted by molar-refractivity contribution is 5.89. The molecule has 7 heteroatoms. The Balaban J connectivity index is 2.02. The second-order valence-electron chi connectivity index (χ2n) is 5.34. The molecule has 19 heavy (non-hydrogen) atoms. The monoisotopic (exact) mass is 269 g/mol. The summed E-state index contributed by atoms with van der Waals surface area (Å²) in [5, 5.41) is 14.5. The predicted molar refractivity (Wildman–Crippen MR) is 66.5 cm³/mol. The number of aliphatic carboxylic acids is 1. The Labute approximate surface area is 111 Å². The van der Waals surface area contributed by atoms with Gasteiger partial charge in [0.15, 0.2) is 0 Å². The zero-order chi connectivity index (χ0) is 14.0. The standard InChI is InChI=1S/C12H19N3O4/c1-12(10(17)18,8-3-4-8)14-11(19)15-6-2-5-13-9(16)7-15/h8H,2-7H2,1H3,(H,13,16)(H,14,19)(H,17,18). The van der Waals surface area contributed by atoms with Crippen molar-refractivity contribution in [3.05, 3.63) is 0 Å². The molecule has 0 aromatic heterocycles. The third kappa shape index (κ3) is 2.97. The maximum Gasteiger partial charge on any atom is 0.329 e. The van der Waals surface area contributed by atoms with E-state index in [0.29, 0.717) is 19.5 Å². The molecule has 1 heterocycles. The minimum absolute atomic E-state index is 0.0187. The zero-order valence-corrected chi connectivity index (χ0v) is 10.9. The number of carbonyl (C=O) groups is 3. The summed E-state index contributed by atoms with van der Waals surface area (Å²) in [6.07, 6.45) is 2.29. The van der Waals surface area contributed by atoms with Crippen molar-refractivity contribution >= 4 is 17.9 Å². The lowest BCUT2D eigenvalue weighted by Gasteiger charge is -2.29. The summed E-state index contributed by atoms with van der Waals surface area (Å²) >= 11 is 0. The molecular weight excluding hydrogens is 250 g/mol. The normalized spacial score (nSPS) is 23.0. The fourth-order valence-corrected chi connectivity index (χ4v) is 2.27. The van der Waals surface area contributed by atoms with Crippen LogP contribution in [0.5, 0.6) is 0 Å². The number of hydrogen-bond acceptors (Lipinski definition) is 3. The lowest BCUT2D eigenvalue weighted by Crippen LogP contribution is -2.58. The van der Waals surface area contributed by atoms with Gasteiger partial charge in [0.1, 0.15) is 12.1 Å². The van der Waals surface area contributed by atoms with E-state index in [1.807, 2.05) is 0 Å². The van der Waals surface area contributed by atoms with Crippen molar-refractivity contribution in [2.45, 2.75) is 31.7 Å². The molecule has 106 valence electrons. The minimum Gasteiger partial charge on any atom is -0.480 e. The molecule has 0 bridgehead atoms. The van der Waals surface area contributed by atoms with E-state index in [-0.39, 0.29) is 18.4 Å². The highest BCUT2D eigenvalue weighted by Gasteiger charge is 2.49. The molecule has 1 atom stereocenters. The maximum atomic E-state index is 12.1. The average Bonchev–Trinajstić information content (AvgIpc) is 3.15. The topological polar surface area (TPSA) is 98.7 Å². The molecule has 2 rings (SSSR count). The molecule has 7 nitrogen and oxygen atoms in total. The van der Waals surface area contributed by atoms with E-state index in [1.54, 1.807) is 0 Å². The molecule has 0 radical (unpaired) electrons. The number of urea groups is 1. The molecule has 0 spiro atoms. The van der Waals surface area contributed by atoms with Crippen LogP contribution >= 0.6 is 0 Å². The zero-order valence-electron chi connectivity index (χ0n) is 10.9. The third-order valence-corrected chi connectivity index (χ3v) is 3.75. The van der Waals surface area contributed by atoms with Crippen LogP contribution in [0.3, 0.4) is 0 Å². The van der Waals surface area contributed by atoms with Crippen molar-refractivity contribution in [2.24, 2.45) is 5.92 Å². The summed E-state index contributed by atoms with van der Waals surface area (Å²) in [5.74, 6) is -1.26. The van der Waals surface area contributed by atoms with E-state index >= 15 is 0 Å². The summed E-state index contributed by atoms with van der Waals surface area (Å²) in [4.78, 5) is 36.2. The largest absolute Gasteiger partial charge is 0.480 e. The quantitative estimate of drug-likeness (QED) is 0.659. The Morgan fingerprint density at radius 3 is 2.74 bits per heavy atom. The molecule has 0 aromatic rings. The van der Waals surface area contributed by atoms with E-state index in [9.17, 15) is 19.5 Å². The van der Waals surface area contributed by atoms with Crippen LogP contribution in [0.15, 0.2) is 0 Å². The Morgan fingerprint density at radius 1 is 1.47 bits per heavy atom. The molecule has 2 fully saturated rings. The maximum absolute atomic E-state index is 12.1. The lowest BCUT2D eigenvalue weighted by molar-refractivity contribution is -0.144. The van der Waals surface area contributed by atoms with Crippen LogP contribution in [0.1, 0.15) is 26.2 Å². The summed E-state index contributed by atoms with van der Waals surface area (Å²) in [6.45, 7) is 2.50. The van der Waals surface area contributed by atoms with Gasteiger partial charge in [0.2, 0.25) is 5.91 Å². The van der Waals surface area contributed by atoms with Crippen molar-refractivity contribution in [2.75, 3.05) is 19.6 Å². The van der Waals surface area contributed by atoms with E-state index in [4.69, 9.17) is 0 Å². The lowest BCUT2D eigenvalue weighted by atomic mass is 9.96. The Bertz CT molecular complexity index is 408. The van der Waals surface area contributed by atoms with Gasteiger partial charge in [-0.05, 0) is 32.1 Å². The van der Waals surface area contributed by atoms with Gasteiger partial charge < -0.3 is 20.6 Å². The van der Waals surface area contributed by atoms with Crippen molar-refractivity contribution in [3.8, 4) is 0 Å². The second-order valence-corrected chi connectivity index (χ2v) is 5.34. The smallest absolute Gasteiger partial charge is 0.329 e. The van der Waals surface area contributed by atoms with Crippen LogP contribution in [0.25, 0.3) is 0 Å². The van der Waals surface area contributed by atoms with Gasteiger partial charge in [-0.2, -0.15) is 0 Å². The Morgan fingerprint density at radius 2 is 2.16 bits per heavy atom. The molecule has 0 aromatic carbocycles. The highest BCUT2D eigenvalue weighted by atomic mass is 16.4. The molecule has 1 aliphatic carbocycles. The average molecular weight is 269 g/mol. The van der Waals surface area contributed by atoms with Crippen LogP contribution < -0.4 is 10.6 Å². The third-order valence-electron chi connectivity index (χ3n) is 3.75. The number of carbonyl (C=O) groups excluding carboxylic acids is 2. The summed E-state index contributed by atoms with van der Waals surface area (Å²) in [5.41, 5.74) is -1.24. The molecule has 1 saturated carbocycles. The van der Waals surface area contributed by atoms with Gasteiger partial charge in [-0.1, -0.05) is 0 Å². The number of amides is 3. The van der Waals surface area contributed by atoms with Crippen LogP contribution in [0.4, 0.5) is 4.79 Å². The number of nitrogens with one attached hydrogen (secondary N) is 2. The minimum atomic E-state index is -1.24. The summed E-state index contributed by atoms with van der Waals surface area (Å²) in [7, 11) is 0. The van der Waals surface area contributed by atoms with E-state index < -0.39 is 17.5 Å². The van der Waals surface area contributed by atoms with Gasteiger partial charge in [-0.15, -0.1) is 0 Å². The first kappa shape index (κ1) is 13.6. The van der Waals surface area contributed by atoms with E-state index in [1.165, 1.54) is 11.8 Å². The summed E-state index contributed by atoms with van der Waals surface area (Å²) in [6, 6.07) is -0.478. The van der Waals surface area contributed by atoms with Gasteiger partial charge in [0, 0.05) is 13.1 Å². The van der Waals surface area contributed by atoms with E-state index in [2.05, 4.69) is 10.6 Å². The van der Waals surface area contributed by atoms with E-state index in [0.717, 1.165) is 12.8 Å². The predicted octanol–water partition coefficient (Wildman–Crippen LogP) is -0.229. The fourth-order valence-electron chi connectivity index (χ4n) is 2.27. The number of carboxylic acids is 1. The Kier molecular flexibility index (Phi) is 3.64. The number of carboxylic acid groups (broad SMARTS) is 1. The van der Waals surface area contributed by atoms with Crippen LogP contribution in [-0.4, -0.2) is 53.1 Å². The number of hydrogen-bond donors (Lipinski definition) is 3. The SMILES string of the molecule is CC(NC(=O)N1CCCNC(=O)C1)(C(=O)O)C1CC1. The molecule has 1 saturated heterocycles. The van der Waals surface area contributed by atoms with Gasteiger partial charge in [0.05, 0.1) is 0 Å². The van der Waals surface area contributed by atoms with Gasteiger partial charge in [-0.25, -0.2) is 9.59 Å². The van der Waals surface area contributed by atoms with Crippen molar-refractivity contribution in [1.29, 1.82) is 0 Å². The molecule has 1 aliphatic heterocycles. The van der Waals surface area contributed by atoms with Crippen molar-refractivity contribution < 1.29 is 19.5 Å². The van der Waals surface area contributed by atoms with Crippen LogP contribution in [0.2, 0.25) is 0 Å². The molecule has 2 aliphatic rings. The molecular formula is C12H19N3O4. The van der Waals surface area contributed by atoms with Crippen LogP contribution in [-0.2, 0) is 9.59 Å². The molecule has 3 amide bonds. The summed E-state index contributed by atoms with van der Waals surface area (Å²) < 4.78 is 0. The number of rotatable bonds is 3. The van der Waals surface area contributed by atoms with Gasteiger partial charge in [-0.3, -0.25) is 4.79 Å². The van der Waals surface area contributed by atoms with Gasteiger partial charge >= 0.3 is 12.0 Å². The first-order valence-electron chi connectivity index (χ1n) is 6.50. The van der Waals surface area contributed by atoms with Gasteiger partial charge in [0.25, 0.3) is 0 Å². The highest BCUT2D eigenvalue weighted by Crippen LogP contribution is 2.39. The van der Waals surface area contributed by atoms with Crippen LogP contribution in [0, 0.1) is 5.92 Å². The number of nitrogens with zero attached hydrogens (tertiary/aromatic N) is 1. The fraction of sp³-hybridized carbons (Fsp3) is 0.750. The molecule has 3 N–H and O–H groups in total. The van der Waals surface area contributed by atoms with Crippen molar-refractivity contribution in [3.63, 3.8) is 0 Å². The first-order valence-corrected chi connectivity index (χ1v) is 6.50. The Hall–Kier alpha value is -1.79. The first-order chi connectivity index (χ1) is 8.93. The van der Waals surface area contributed by atoms with Crippen molar-refractivity contribution in [1.82, 2.24) is 15.5 Å². The second kappa shape index (κ2) is 5.07. The molecule has 1 unspecified atom stereocenters.